The number of nitrogens with one attached hydrogen (secondary N) is 1. The lowest BCUT2D eigenvalue weighted by molar-refractivity contribution is 0.0936. The first-order valence-electron chi connectivity index (χ1n) is 5.65. The average Bonchev–Trinajstić information content (AvgIpc) is 2.14. The number of hydrogen-bond acceptors (Lipinski definition) is 1. The molecule has 0 fully saturated rings. The number of carbonyl (C=O) groups excluding carboxylic acids is 1. The number of benzene rings is 1. The van der Waals surface area contributed by atoms with Gasteiger partial charge in [-0.15, -0.1) is 0 Å². The van der Waals surface area contributed by atoms with Crippen LogP contribution in [0.15, 0.2) is 22.7 Å². The van der Waals surface area contributed by atoms with Crippen molar-refractivity contribution in [2.45, 2.75) is 33.2 Å². The summed E-state index contributed by atoms with van der Waals surface area (Å²) < 4.78 is 0.812. The van der Waals surface area contributed by atoms with Gasteiger partial charge in [-0.05, 0) is 37.5 Å². The molecule has 4 heteroatoms. The van der Waals surface area contributed by atoms with Gasteiger partial charge in [-0.25, -0.2) is 0 Å². The lowest BCUT2D eigenvalue weighted by atomic mass is 10.0. The molecule has 2 nitrogen and oxygen atoms in total. The predicted octanol–water partition coefficient (Wildman–Crippen LogP) is 4.27. The van der Waals surface area contributed by atoms with Crippen LogP contribution in [0.25, 0.3) is 0 Å². The summed E-state index contributed by atoms with van der Waals surface area (Å²) in [6.45, 7) is 6.29. The molecule has 1 rings (SSSR count). The molecule has 0 aromatic heterocycles. The number of halogens is 2. The van der Waals surface area contributed by atoms with Crippen LogP contribution in [0.4, 0.5) is 0 Å². The van der Waals surface area contributed by atoms with Gasteiger partial charge in [-0.3, -0.25) is 4.79 Å². The second-order valence-corrected chi connectivity index (χ2v) is 6.01. The first-order valence-corrected chi connectivity index (χ1v) is 6.82. The van der Waals surface area contributed by atoms with E-state index in [4.69, 9.17) is 11.6 Å². The molecule has 1 N–H and O–H groups in total. The fourth-order valence-electron chi connectivity index (χ4n) is 1.76. The van der Waals surface area contributed by atoms with E-state index in [9.17, 15) is 4.79 Å². The Labute approximate surface area is 116 Å². The molecule has 0 radical (unpaired) electrons. The maximum atomic E-state index is 12.0. The fourth-order valence-corrected chi connectivity index (χ4v) is 2.62. The van der Waals surface area contributed by atoms with Crippen molar-refractivity contribution in [2.24, 2.45) is 5.92 Å². The normalized spacial score (nSPS) is 12.6. The SMILES string of the molecule is CC(C)CC(C)NC(=O)c1cc(Cl)cc(Br)c1. The summed E-state index contributed by atoms with van der Waals surface area (Å²) in [5, 5.41) is 3.52. The van der Waals surface area contributed by atoms with Crippen molar-refractivity contribution in [1.82, 2.24) is 5.32 Å². The lowest BCUT2D eigenvalue weighted by Crippen LogP contribution is -2.33. The van der Waals surface area contributed by atoms with Gasteiger partial charge in [0.1, 0.15) is 0 Å². The molecule has 0 aliphatic carbocycles. The topological polar surface area (TPSA) is 29.1 Å². The van der Waals surface area contributed by atoms with Gasteiger partial charge in [0.05, 0.1) is 0 Å². The van der Waals surface area contributed by atoms with Gasteiger partial charge in [-0.2, -0.15) is 0 Å². The summed E-state index contributed by atoms with van der Waals surface area (Å²) in [5.41, 5.74) is 0.583. The van der Waals surface area contributed by atoms with E-state index in [0.29, 0.717) is 16.5 Å². The monoisotopic (exact) mass is 317 g/mol. The summed E-state index contributed by atoms with van der Waals surface area (Å²) in [5.74, 6) is 0.484. The van der Waals surface area contributed by atoms with Crippen molar-refractivity contribution in [3.05, 3.63) is 33.3 Å². The van der Waals surface area contributed by atoms with Gasteiger partial charge in [0.2, 0.25) is 0 Å². The molecule has 0 heterocycles. The number of amides is 1. The third kappa shape index (κ3) is 5.09. The van der Waals surface area contributed by atoms with Crippen LogP contribution in [-0.4, -0.2) is 11.9 Å². The van der Waals surface area contributed by atoms with Crippen LogP contribution in [0.1, 0.15) is 37.6 Å². The molecule has 1 aromatic carbocycles. The summed E-state index contributed by atoms with van der Waals surface area (Å²) >= 11 is 9.23. The predicted molar refractivity (Wildman–Crippen MR) is 75.5 cm³/mol. The van der Waals surface area contributed by atoms with Crippen molar-refractivity contribution in [3.8, 4) is 0 Å². The Morgan fingerprint density at radius 2 is 2.00 bits per heavy atom. The quantitative estimate of drug-likeness (QED) is 0.882. The molecular formula is C13H17BrClNO. The minimum absolute atomic E-state index is 0.0821. The maximum Gasteiger partial charge on any atom is 0.251 e. The number of rotatable bonds is 4. The second-order valence-electron chi connectivity index (χ2n) is 4.66. The van der Waals surface area contributed by atoms with Crippen molar-refractivity contribution in [3.63, 3.8) is 0 Å². The zero-order valence-corrected chi connectivity index (χ0v) is 12.6. The van der Waals surface area contributed by atoms with Crippen LogP contribution in [0.2, 0.25) is 5.02 Å². The summed E-state index contributed by atoms with van der Waals surface area (Å²) in [6, 6.07) is 5.36. The second kappa shape index (κ2) is 6.41. The molecule has 1 unspecified atom stereocenters. The molecule has 17 heavy (non-hydrogen) atoms. The average molecular weight is 319 g/mol. The molecule has 1 amide bonds. The Morgan fingerprint density at radius 3 is 2.53 bits per heavy atom. The first kappa shape index (κ1) is 14.5. The van der Waals surface area contributed by atoms with Crippen LogP contribution in [-0.2, 0) is 0 Å². The Bertz CT molecular complexity index is 386. The summed E-state index contributed by atoms with van der Waals surface area (Å²) in [6.07, 6.45) is 0.966. The smallest absolute Gasteiger partial charge is 0.251 e. The first-order chi connectivity index (χ1) is 7.88. The van der Waals surface area contributed by atoms with Crippen molar-refractivity contribution in [1.29, 1.82) is 0 Å². The minimum atomic E-state index is -0.0821. The standard InChI is InChI=1S/C13H17BrClNO/c1-8(2)4-9(3)16-13(17)10-5-11(14)7-12(15)6-10/h5-9H,4H2,1-3H3,(H,16,17). The van der Waals surface area contributed by atoms with E-state index in [2.05, 4.69) is 35.1 Å². The molecule has 0 aliphatic heterocycles. The van der Waals surface area contributed by atoms with E-state index in [1.807, 2.05) is 6.92 Å². The third-order valence-electron chi connectivity index (χ3n) is 2.33. The van der Waals surface area contributed by atoms with E-state index in [0.717, 1.165) is 10.9 Å². The van der Waals surface area contributed by atoms with Crippen LogP contribution < -0.4 is 5.32 Å². The highest BCUT2D eigenvalue weighted by molar-refractivity contribution is 9.10. The molecular weight excluding hydrogens is 302 g/mol. The van der Waals surface area contributed by atoms with Crippen LogP contribution in [0.3, 0.4) is 0 Å². The Hall–Kier alpha value is -0.540. The maximum absolute atomic E-state index is 12.0. The highest BCUT2D eigenvalue weighted by Gasteiger charge is 2.12. The van der Waals surface area contributed by atoms with E-state index >= 15 is 0 Å². The van der Waals surface area contributed by atoms with Gasteiger partial charge < -0.3 is 5.32 Å². The number of hydrogen-bond donors (Lipinski definition) is 1. The Balaban J connectivity index is 2.69. The zero-order valence-electron chi connectivity index (χ0n) is 10.3. The van der Waals surface area contributed by atoms with E-state index in [-0.39, 0.29) is 11.9 Å². The molecule has 1 atom stereocenters. The molecule has 0 spiro atoms. The minimum Gasteiger partial charge on any atom is -0.350 e. The molecule has 94 valence electrons. The van der Waals surface area contributed by atoms with Crippen molar-refractivity contribution < 1.29 is 4.79 Å². The Kier molecular flexibility index (Phi) is 5.47. The van der Waals surface area contributed by atoms with Crippen molar-refractivity contribution in [2.75, 3.05) is 0 Å². The molecule has 0 saturated carbocycles. The molecule has 0 saturated heterocycles. The zero-order chi connectivity index (χ0) is 13.0. The van der Waals surface area contributed by atoms with E-state index < -0.39 is 0 Å². The largest absolute Gasteiger partial charge is 0.350 e. The van der Waals surface area contributed by atoms with Crippen LogP contribution >= 0.6 is 27.5 Å². The van der Waals surface area contributed by atoms with Gasteiger partial charge in [0, 0.05) is 21.1 Å². The van der Waals surface area contributed by atoms with Gasteiger partial charge >= 0.3 is 0 Å². The van der Waals surface area contributed by atoms with E-state index in [1.54, 1.807) is 18.2 Å². The Morgan fingerprint density at radius 1 is 1.35 bits per heavy atom. The lowest BCUT2D eigenvalue weighted by Gasteiger charge is -2.16. The van der Waals surface area contributed by atoms with Crippen molar-refractivity contribution >= 4 is 33.4 Å². The molecule has 0 aliphatic rings. The van der Waals surface area contributed by atoms with Gasteiger partial charge in [-0.1, -0.05) is 41.4 Å². The summed E-state index contributed by atoms with van der Waals surface area (Å²) in [7, 11) is 0. The van der Waals surface area contributed by atoms with Gasteiger partial charge in [0.25, 0.3) is 5.91 Å². The number of carbonyl (C=O) groups is 1. The van der Waals surface area contributed by atoms with Crippen LogP contribution in [0.5, 0.6) is 0 Å². The molecule has 1 aromatic rings. The van der Waals surface area contributed by atoms with Crippen LogP contribution in [0, 0.1) is 5.92 Å². The van der Waals surface area contributed by atoms with Gasteiger partial charge in [0.15, 0.2) is 0 Å². The summed E-state index contributed by atoms with van der Waals surface area (Å²) in [4.78, 5) is 12.0. The highest BCUT2D eigenvalue weighted by Crippen LogP contribution is 2.19. The third-order valence-corrected chi connectivity index (χ3v) is 3.00. The van der Waals surface area contributed by atoms with E-state index in [1.165, 1.54) is 0 Å². The molecule has 0 bridgehead atoms. The fraction of sp³-hybridized carbons (Fsp3) is 0.462. The highest BCUT2D eigenvalue weighted by atomic mass is 79.9.